The van der Waals surface area contributed by atoms with Crippen LogP contribution < -0.4 is 21.7 Å². The molecule has 0 radical (unpaired) electrons. The Morgan fingerprint density at radius 3 is 2.05 bits per heavy atom. The molecule has 0 aromatic carbocycles. The van der Waals surface area contributed by atoms with Gasteiger partial charge in [-0.3, -0.25) is 14.4 Å². The van der Waals surface area contributed by atoms with Gasteiger partial charge in [0, 0.05) is 26.2 Å². The van der Waals surface area contributed by atoms with Gasteiger partial charge < -0.3 is 31.9 Å². The lowest BCUT2D eigenvalue weighted by atomic mass is 9.83. The van der Waals surface area contributed by atoms with Crippen molar-refractivity contribution in [3.8, 4) is 0 Å². The van der Waals surface area contributed by atoms with Crippen LogP contribution in [0, 0.1) is 5.41 Å². The highest BCUT2D eigenvalue weighted by Gasteiger charge is 2.39. The second-order valence-corrected chi connectivity index (χ2v) is 5.13. The SMILES string of the molecule is CC(C)(C(N)=O)C(NCCNCCNCC(=O)O)C(=O)O. The molecule has 1 unspecified atom stereocenters. The van der Waals surface area contributed by atoms with Gasteiger partial charge in [-0.15, -0.1) is 0 Å². The molecule has 0 heterocycles. The van der Waals surface area contributed by atoms with Crippen molar-refractivity contribution >= 4 is 17.8 Å². The number of carboxylic acids is 2. The number of carboxylic acid groups (broad SMARTS) is 2. The van der Waals surface area contributed by atoms with Gasteiger partial charge in [0.15, 0.2) is 0 Å². The molecule has 0 fully saturated rings. The second kappa shape index (κ2) is 9.27. The van der Waals surface area contributed by atoms with Gasteiger partial charge in [-0.2, -0.15) is 0 Å². The summed E-state index contributed by atoms with van der Waals surface area (Å²) in [6.45, 7) is 4.70. The van der Waals surface area contributed by atoms with E-state index >= 15 is 0 Å². The Labute approximate surface area is 123 Å². The molecule has 1 atom stereocenters. The molecule has 0 aliphatic heterocycles. The maximum Gasteiger partial charge on any atom is 0.321 e. The third-order valence-electron chi connectivity index (χ3n) is 3.01. The monoisotopic (exact) mass is 304 g/mol. The first-order chi connectivity index (χ1) is 9.69. The van der Waals surface area contributed by atoms with Crippen molar-refractivity contribution in [2.24, 2.45) is 11.1 Å². The summed E-state index contributed by atoms with van der Waals surface area (Å²) in [6.07, 6.45) is 0. The predicted octanol–water partition coefficient (Wildman–Crippen LogP) is -2.20. The summed E-state index contributed by atoms with van der Waals surface area (Å²) in [5, 5.41) is 26.0. The minimum atomic E-state index is -1.20. The minimum absolute atomic E-state index is 0.103. The Bertz CT molecular complexity index is 373. The lowest BCUT2D eigenvalue weighted by molar-refractivity contribution is -0.146. The first kappa shape index (κ1) is 19.3. The number of amides is 1. The lowest BCUT2D eigenvalue weighted by Crippen LogP contribution is -2.54. The summed E-state index contributed by atoms with van der Waals surface area (Å²) in [6, 6.07) is -1.07. The quantitative estimate of drug-likeness (QED) is 0.222. The standard InChI is InChI=1S/C12H24N4O5/c1-12(2,11(13)21)9(10(19)20)16-6-5-14-3-4-15-7-8(17)18/h9,14-16H,3-7H2,1-2H3,(H2,13,21)(H,17,18)(H,19,20). The number of nitrogens with two attached hydrogens (primary N) is 1. The third kappa shape index (κ3) is 7.59. The Balaban J connectivity index is 3.94. The van der Waals surface area contributed by atoms with Gasteiger partial charge in [0.25, 0.3) is 0 Å². The number of rotatable bonds is 12. The Morgan fingerprint density at radius 2 is 1.57 bits per heavy atom. The number of hydrogen-bond acceptors (Lipinski definition) is 6. The van der Waals surface area contributed by atoms with Crippen LogP contribution in [0.4, 0.5) is 0 Å². The second-order valence-electron chi connectivity index (χ2n) is 5.13. The Hall–Kier alpha value is -1.71. The van der Waals surface area contributed by atoms with Crippen molar-refractivity contribution in [1.29, 1.82) is 0 Å². The molecule has 0 bridgehead atoms. The van der Waals surface area contributed by atoms with E-state index in [0.29, 0.717) is 26.2 Å². The first-order valence-electron chi connectivity index (χ1n) is 6.59. The van der Waals surface area contributed by atoms with E-state index in [1.807, 2.05) is 0 Å². The van der Waals surface area contributed by atoms with Gasteiger partial charge in [-0.1, -0.05) is 0 Å². The molecule has 0 rings (SSSR count). The van der Waals surface area contributed by atoms with Crippen LogP contribution in [0.25, 0.3) is 0 Å². The molecular weight excluding hydrogens is 280 g/mol. The van der Waals surface area contributed by atoms with E-state index in [-0.39, 0.29) is 6.54 Å². The van der Waals surface area contributed by atoms with E-state index in [1.165, 1.54) is 13.8 Å². The van der Waals surface area contributed by atoms with Gasteiger partial charge in [-0.05, 0) is 13.8 Å². The molecule has 0 aliphatic rings. The van der Waals surface area contributed by atoms with E-state index < -0.39 is 29.3 Å². The van der Waals surface area contributed by atoms with Crippen LogP contribution in [-0.4, -0.2) is 66.8 Å². The van der Waals surface area contributed by atoms with E-state index in [9.17, 15) is 14.4 Å². The van der Waals surface area contributed by atoms with Crippen molar-refractivity contribution in [3.63, 3.8) is 0 Å². The first-order valence-corrected chi connectivity index (χ1v) is 6.59. The molecular formula is C12H24N4O5. The van der Waals surface area contributed by atoms with Crippen molar-refractivity contribution in [2.75, 3.05) is 32.7 Å². The zero-order valence-electron chi connectivity index (χ0n) is 12.3. The summed E-state index contributed by atoms with van der Waals surface area (Å²) in [4.78, 5) is 32.7. The zero-order valence-corrected chi connectivity index (χ0v) is 12.3. The Morgan fingerprint density at radius 1 is 1.05 bits per heavy atom. The van der Waals surface area contributed by atoms with Crippen LogP contribution in [0.3, 0.4) is 0 Å². The number of carbonyl (C=O) groups excluding carboxylic acids is 1. The number of nitrogens with one attached hydrogen (secondary N) is 3. The van der Waals surface area contributed by atoms with Gasteiger partial charge in [0.2, 0.25) is 5.91 Å². The maximum atomic E-state index is 11.3. The molecule has 0 spiro atoms. The highest BCUT2D eigenvalue weighted by Crippen LogP contribution is 2.20. The fourth-order valence-electron chi connectivity index (χ4n) is 1.60. The predicted molar refractivity (Wildman–Crippen MR) is 75.8 cm³/mol. The number of aliphatic carboxylic acids is 2. The normalized spacial score (nSPS) is 12.9. The van der Waals surface area contributed by atoms with Gasteiger partial charge in [0.1, 0.15) is 6.04 Å². The average molecular weight is 304 g/mol. The molecule has 0 saturated heterocycles. The summed E-state index contributed by atoms with van der Waals surface area (Å²) >= 11 is 0. The van der Waals surface area contributed by atoms with Crippen LogP contribution in [0.2, 0.25) is 0 Å². The summed E-state index contributed by atoms with van der Waals surface area (Å²) in [5.41, 5.74) is 4.00. The molecule has 0 aromatic heterocycles. The van der Waals surface area contributed by atoms with Crippen LogP contribution in [0.5, 0.6) is 0 Å². The Kier molecular flexibility index (Phi) is 8.51. The molecule has 9 heteroatoms. The fourth-order valence-corrected chi connectivity index (χ4v) is 1.60. The smallest absolute Gasteiger partial charge is 0.321 e. The largest absolute Gasteiger partial charge is 0.480 e. The van der Waals surface area contributed by atoms with E-state index in [0.717, 1.165) is 0 Å². The molecule has 1 amide bonds. The van der Waals surface area contributed by atoms with E-state index in [1.54, 1.807) is 0 Å². The zero-order chi connectivity index (χ0) is 16.5. The molecule has 0 aliphatic carbocycles. The van der Waals surface area contributed by atoms with Crippen LogP contribution in [0.1, 0.15) is 13.8 Å². The molecule has 21 heavy (non-hydrogen) atoms. The third-order valence-corrected chi connectivity index (χ3v) is 3.01. The lowest BCUT2D eigenvalue weighted by Gasteiger charge is -2.28. The van der Waals surface area contributed by atoms with E-state index in [4.69, 9.17) is 15.9 Å². The van der Waals surface area contributed by atoms with Crippen molar-refractivity contribution in [2.45, 2.75) is 19.9 Å². The van der Waals surface area contributed by atoms with Crippen molar-refractivity contribution < 1.29 is 24.6 Å². The van der Waals surface area contributed by atoms with E-state index in [2.05, 4.69) is 16.0 Å². The number of primary amides is 1. The van der Waals surface area contributed by atoms with Crippen molar-refractivity contribution in [1.82, 2.24) is 16.0 Å². The van der Waals surface area contributed by atoms with Crippen LogP contribution >= 0.6 is 0 Å². The van der Waals surface area contributed by atoms with Gasteiger partial charge in [0.05, 0.1) is 12.0 Å². The van der Waals surface area contributed by atoms with Gasteiger partial charge in [-0.25, -0.2) is 0 Å². The minimum Gasteiger partial charge on any atom is -0.480 e. The number of carbonyl (C=O) groups is 3. The summed E-state index contributed by atoms with van der Waals surface area (Å²) in [5.74, 6) is -2.75. The molecule has 0 aromatic rings. The molecule has 122 valence electrons. The highest BCUT2D eigenvalue weighted by atomic mass is 16.4. The molecule has 0 saturated carbocycles. The van der Waals surface area contributed by atoms with Crippen LogP contribution in [-0.2, 0) is 14.4 Å². The summed E-state index contributed by atoms with van der Waals surface area (Å²) < 4.78 is 0. The number of hydrogen-bond donors (Lipinski definition) is 6. The highest BCUT2D eigenvalue weighted by molar-refractivity contribution is 5.88. The average Bonchev–Trinajstić information content (AvgIpc) is 2.35. The topological polar surface area (TPSA) is 154 Å². The molecule has 9 nitrogen and oxygen atoms in total. The van der Waals surface area contributed by atoms with Crippen LogP contribution in [0.15, 0.2) is 0 Å². The summed E-state index contributed by atoms with van der Waals surface area (Å²) in [7, 11) is 0. The maximum absolute atomic E-state index is 11.3. The van der Waals surface area contributed by atoms with Crippen molar-refractivity contribution in [3.05, 3.63) is 0 Å². The van der Waals surface area contributed by atoms with Gasteiger partial charge >= 0.3 is 11.9 Å². The fraction of sp³-hybridized carbons (Fsp3) is 0.750. The molecule has 7 N–H and O–H groups in total.